The van der Waals surface area contributed by atoms with Crippen LogP contribution in [0.5, 0.6) is 17.4 Å². The van der Waals surface area contributed by atoms with E-state index in [0.717, 1.165) is 0 Å². The van der Waals surface area contributed by atoms with Gasteiger partial charge in [0.2, 0.25) is 0 Å². The van der Waals surface area contributed by atoms with Crippen LogP contribution < -0.4 is 9.47 Å². The summed E-state index contributed by atoms with van der Waals surface area (Å²) in [6, 6.07) is 8.28. The van der Waals surface area contributed by atoms with Crippen LogP contribution in [0.3, 0.4) is 0 Å². The van der Waals surface area contributed by atoms with Crippen LogP contribution in [-0.2, 0) is 0 Å². The second-order valence-electron chi connectivity index (χ2n) is 3.19. The average molecular weight is 298 g/mol. The Morgan fingerprint density at radius 3 is 2.59 bits per heavy atom. The number of pyridine rings is 1. The third kappa shape index (κ3) is 2.74. The summed E-state index contributed by atoms with van der Waals surface area (Å²) in [6.45, 7) is 0. The summed E-state index contributed by atoms with van der Waals surface area (Å²) < 4.78 is 24.5. The lowest BCUT2D eigenvalue weighted by atomic mass is 10.3. The zero-order valence-electron chi connectivity index (χ0n) is 8.98. The second-order valence-corrected chi connectivity index (χ2v) is 4.11. The number of aromatic nitrogens is 1. The van der Waals surface area contributed by atoms with Gasteiger partial charge in [0.1, 0.15) is 0 Å². The van der Waals surface area contributed by atoms with Gasteiger partial charge >= 0.3 is 0 Å². The normalized spacial score (nSPS) is 10.1. The van der Waals surface area contributed by atoms with Gasteiger partial charge in [-0.1, -0.05) is 12.1 Å². The Morgan fingerprint density at radius 1 is 1.24 bits per heavy atom. The van der Waals surface area contributed by atoms with Gasteiger partial charge in [0.15, 0.2) is 17.3 Å². The van der Waals surface area contributed by atoms with Crippen molar-refractivity contribution in [3.63, 3.8) is 0 Å². The van der Waals surface area contributed by atoms with Crippen molar-refractivity contribution in [2.75, 3.05) is 7.11 Å². The third-order valence-electron chi connectivity index (χ3n) is 2.05. The largest absolute Gasteiger partial charge is 0.493 e. The standard InChI is InChI=1S/C12H9BrFNO2/c1-16-10-4-2-3-5-11(10)17-12-9(14)6-8(13)7-15-12/h2-7H,1H3. The number of rotatable bonds is 3. The monoisotopic (exact) mass is 297 g/mol. The molecule has 2 rings (SSSR count). The van der Waals surface area contributed by atoms with Gasteiger partial charge in [0.05, 0.1) is 7.11 Å². The molecule has 88 valence electrons. The van der Waals surface area contributed by atoms with E-state index >= 15 is 0 Å². The van der Waals surface area contributed by atoms with Crippen LogP contribution in [0, 0.1) is 5.82 Å². The van der Waals surface area contributed by atoms with Crippen molar-refractivity contribution >= 4 is 15.9 Å². The molecule has 3 nitrogen and oxygen atoms in total. The van der Waals surface area contributed by atoms with E-state index < -0.39 is 5.82 Å². The molecule has 0 atom stereocenters. The van der Waals surface area contributed by atoms with Crippen LogP contribution in [-0.4, -0.2) is 12.1 Å². The topological polar surface area (TPSA) is 31.4 Å². The van der Waals surface area contributed by atoms with Crippen molar-refractivity contribution in [1.82, 2.24) is 4.98 Å². The Morgan fingerprint density at radius 2 is 1.94 bits per heavy atom. The Labute approximate surface area is 106 Å². The Bertz CT molecular complexity index is 534. The van der Waals surface area contributed by atoms with E-state index in [0.29, 0.717) is 16.0 Å². The number of nitrogens with zero attached hydrogens (tertiary/aromatic N) is 1. The van der Waals surface area contributed by atoms with Gasteiger partial charge in [-0.25, -0.2) is 9.37 Å². The highest BCUT2D eigenvalue weighted by atomic mass is 79.9. The first kappa shape index (κ1) is 11.9. The van der Waals surface area contributed by atoms with Gasteiger partial charge in [-0.05, 0) is 34.1 Å². The van der Waals surface area contributed by atoms with E-state index in [1.165, 1.54) is 19.4 Å². The van der Waals surface area contributed by atoms with E-state index in [2.05, 4.69) is 20.9 Å². The molecule has 1 aromatic carbocycles. The summed E-state index contributed by atoms with van der Waals surface area (Å²) >= 11 is 3.13. The molecule has 0 aliphatic heterocycles. The second kappa shape index (κ2) is 5.14. The van der Waals surface area contributed by atoms with Crippen LogP contribution in [0.15, 0.2) is 41.0 Å². The van der Waals surface area contributed by atoms with E-state index in [-0.39, 0.29) is 5.88 Å². The maximum Gasteiger partial charge on any atom is 0.256 e. The molecular formula is C12H9BrFNO2. The van der Waals surface area contributed by atoms with Crippen LogP contribution in [0.25, 0.3) is 0 Å². The number of methoxy groups -OCH3 is 1. The molecule has 1 aromatic heterocycles. The molecule has 1 heterocycles. The lowest BCUT2D eigenvalue weighted by Crippen LogP contribution is -1.94. The van der Waals surface area contributed by atoms with Gasteiger partial charge in [0, 0.05) is 10.7 Å². The molecule has 0 saturated carbocycles. The summed E-state index contributed by atoms with van der Waals surface area (Å²) in [5, 5.41) is 0. The highest BCUT2D eigenvalue weighted by Crippen LogP contribution is 2.31. The molecular weight excluding hydrogens is 289 g/mol. The first-order valence-corrected chi connectivity index (χ1v) is 5.62. The van der Waals surface area contributed by atoms with Gasteiger partial charge in [0.25, 0.3) is 5.88 Å². The molecule has 0 radical (unpaired) electrons. The molecule has 0 saturated heterocycles. The maximum atomic E-state index is 13.5. The number of ether oxygens (including phenoxy) is 2. The Hall–Kier alpha value is -1.62. The molecule has 5 heteroatoms. The molecule has 0 aliphatic rings. The fraction of sp³-hybridized carbons (Fsp3) is 0.0833. The highest BCUT2D eigenvalue weighted by Gasteiger charge is 2.10. The molecule has 2 aromatic rings. The number of hydrogen-bond donors (Lipinski definition) is 0. The zero-order chi connectivity index (χ0) is 12.3. The molecule has 0 bridgehead atoms. The van der Waals surface area contributed by atoms with Gasteiger partial charge in [-0.2, -0.15) is 0 Å². The van der Waals surface area contributed by atoms with E-state index in [1.54, 1.807) is 24.3 Å². The van der Waals surface area contributed by atoms with Crippen molar-refractivity contribution in [2.24, 2.45) is 0 Å². The maximum absolute atomic E-state index is 13.5. The van der Waals surface area contributed by atoms with Gasteiger partial charge < -0.3 is 9.47 Å². The molecule has 0 spiro atoms. The van der Waals surface area contributed by atoms with Gasteiger partial charge in [-0.3, -0.25) is 0 Å². The summed E-state index contributed by atoms with van der Waals surface area (Å²) in [5.74, 6) is 0.323. The first-order valence-electron chi connectivity index (χ1n) is 4.82. The van der Waals surface area contributed by atoms with Crippen LogP contribution >= 0.6 is 15.9 Å². The summed E-state index contributed by atoms with van der Waals surface area (Å²) in [6.07, 6.45) is 1.47. The van der Waals surface area contributed by atoms with Crippen molar-refractivity contribution in [1.29, 1.82) is 0 Å². The van der Waals surface area contributed by atoms with E-state index in [1.807, 2.05) is 0 Å². The van der Waals surface area contributed by atoms with Crippen molar-refractivity contribution in [2.45, 2.75) is 0 Å². The minimum Gasteiger partial charge on any atom is -0.493 e. The summed E-state index contributed by atoms with van der Waals surface area (Å²) in [4.78, 5) is 3.85. The number of hydrogen-bond acceptors (Lipinski definition) is 3. The minimum atomic E-state index is -0.537. The average Bonchev–Trinajstić information content (AvgIpc) is 2.33. The van der Waals surface area contributed by atoms with Crippen LogP contribution in [0.1, 0.15) is 0 Å². The fourth-order valence-corrected chi connectivity index (χ4v) is 1.59. The number of halogens is 2. The highest BCUT2D eigenvalue weighted by molar-refractivity contribution is 9.10. The third-order valence-corrected chi connectivity index (χ3v) is 2.48. The summed E-state index contributed by atoms with van der Waals surface area (Å²) in [5.41, 5.74) is 0. The Kier molecular flexibility index (Phi) is 3.58. The van der Waals surface area contributed by atoms with Crippen molar-refractivity contribution in [3.8, 4) is 17.4 Å². The van der Waals surface area contributed by atoms with Crippen LogP contribution in [0.4, 0.5) is 4.39 Å². The lowest BCUT2D eigenvalue weighted by Gasteiger charge is -2.09. The molecule has 0 aliphatic carbocycles. The van der Waals surface area contributed by atoms with Gasteiger partial charge in [-0.15, -0.1) is 0 Å². The predicted molar refractivity (Wildman–Crippen MR) is 65.0 cm³/mol. The minimum absolute atomic E-state index is 0.0855. The SMILES string of the molecule is COc1ccccc1Oc1ncc(Br)cc1F. The molecule has 0 amide bonds. The quantitative estimate of drug-likeness (QED) is 0.864. The number of para-hydroxylation sites is 2. The van der Waals surface area contributed by atoms with Crippen molar-refractivity contribution < 1.29 is 13.9 Å². The fourth-order valence-electron chi connectivity index (χ4n) is 1.28. The summed E-state index contributed by atoms with van der Waals surface area (Å²) in [7, 11) is 1.52. The zero-order valence-corrected chi connectivity index (χ0v) is 10.6. The molecule has 0 unspecified atom stereocenters. The molecule has 0 fully saturated rings. The predicted octanol–water partition coefficient (Wildman–Crippen LogP) is 3.78. The van der Waals surface area contributed by atoms with Crippen molar-refractivity contribution in [3.05, 3.63) is 46.8 Å². The Balaban J connectivity index is 2.31. The lowest BCUT2D eigenvalue weighted by molar-refractivity contribution is 0.364. The van der Waals surface area contributed by atoms with Crippen LogP contribution in [0.2, 0.25) is 0 Å². The number of benzene rings is 1. The van der Waals surface area contributed by atoms with E-state index in [4.69, 9.17) is 9.47 Å². The van der Waals surface area contributed by atoms with E-state index in [9.17, 15) is 4.39 Å². The molecule has 17 heavy (non-hydrogen) atoms. The smallest absolute Gasteiger partial charge is 0.256 e. The molecule has 0 N–H and O–H groups in total. The first-order chi connectivity index (χ1) is 8.20.